The molecule has 1 aromatic rings. The fourth-order valence-electron chi connectivity index (χ4n) is 2.46. The molecule has 0 aromatic heterocycles. The van der Waals surface area contributed by atoms with Crippen LogP contribution >= 0.6 is 0 Å². The molecule has 21 heavy (non-hydrogen) atoms. The second kappa shape index (κ2) is 7.30. The van der Waals surface area contributed by atoms with E-state index >= 15 is 0 Å². The van der Waals surface area contributed by atoms with Gasteiger partial charge >= 0.3 is 0 Å². The number of aliphatic hydroxyl groups excluding tert-OH is 1. The summed E-state index contributed by atoms with van der Waals surface area (Å²) in [5, 5.41) is 18.7. The van der Waals surface area contributed by atoms with Crippen molar-refractivity contribution in [1.29, 1.82) is 5.26 Å². The van der Waals surface area contributed by atoms with E-state index in [1.807, 2.05) is 0 Å². The van der Waals surface area contributed by atoms with Crippen molar-refractivity contribution < 1.29 is 14.6 Å². The molecule has 1 aliphatic rings. The smallest absolute Gasteiger partial charge is 0.162 e. The molecule has 0 bridgehead atoms. The number of nitriles is 1. The van der Waals surface area contributed by atoms with E-state index in [9.17, 15) is 5.11 Å². The minimum Gasteiger partial charge on any atom is -0.493 e. The zero-order valence-electron chi connectivity index (χ0n) is 12.6. The predicted octanol–water partition coefficient (Wildman–Crippen LogP) is 1.65. The summed E-state index contributed by atoms with van der Waals surface area (Å²) in [6.07, 6.45) is 0.768. The first-order chi connectivity index (χ1) is 10.1. The van der Waals surface area contributed by atoms with Gasteiger partial charge < -0.3 is 14.6 Å². The quantitative estimate of drug-likeness (QED) is 0.893. The fourth-order valence-corrected chi connectivity index (χ4v) is 2.46. The number of hydrogen-bond acceptors (Lipinski definition) is 5. The SMILES string of the molecule is COc1cc(C#N)ccc1OCCN1CCC(C)C(O)C1. The van der Waals surface area contributed by atoms with E-state index in [2.05, 4.69) is 17.9 Å². The predicted molar refractivity (Wildman–Crippen MR) is 79.4 cm³/mol. The van der Waals surface area contributed by atoms with Gasteiger partial charge in [-0.2, -0.15) is 5.26 Å². The van der Waals surface area contributed by atoms with Crippen LogP contribution in [0, 0.1) is 17.2 Å². The summed E-state index contributed by atoms with van der Waals surface area (Å²) >= 11 is 0. The Bertz CT molecular complexity index is 513. The molecule has 5 nitrogen and oxygen atoms in total. The molecule has 5 heteroatoms. The van der Waals surface area contributed by atoms with Crippen molar-refractivity contribution in [2.24, 2.45) is 5.92 Å². The lowest BCUT2D eigenvalue weighted by Gasteiger charge is -2.34. The van der Waals surface area contributed by atoms with Gasteiger partial charge in [-0.1, -0.05) is 6.92 Å². The number of likely N-dealkylation sites (tertiary alicyclic amines) is 1. The van der Waals surface area contributed by atoms with E-state index < -0.39 is 0 Å². The standard InChI is InChI=1S/C16H22N2O3/c1-12-5-6-18(11-14(12)19)7-8-21-15-4-3-13(10-17)9-16(15)20-2/h3-4,9,12,14,19H,5-8,11H2,1-2H3. The van der Waals surface area contributed by atoms with Crippen molar-refractivity contribution >= 4 is 0 Å². The molecule has 1 aromatic carbocycles. The Kier molecular flexibility index (Phi) is 5.43. The molecule has 1 saturated heterocycles. The summed E-state index contributed by atoms with van der Waals surface area (Å²) in [6.45, 7) is 5.08. The molecule has 1 heterocycles. The topological polar surface area (TPSA) is 65.7 Å². The third-order valence-corrected chi connectivity index (χ3v) is 3.96. The van der Waals surface area contributed by atoms with Crippen LogP contribution in [0.4, 0.5) is 0 Å². The Hall–Kier alpha value is -1.77. The number of methoxy groups -OCH3 is 1. The molecule has 114 valence electrons. The second-order valence-electron chi connectivity index (χ2n) is 5.46. The summed E-state index contributed by atoms with van der Waals surface area (Å²) in [5.41, 5.74) is 0.548. The largest absolute Gasteiger partial charge is 0.493 e. The molecule has 2 atom stereocenters. The number of β-amino-alcohol motifs (C(OH)–C–C–N with tert-alkyl or cyclic N) is 1. The summed E-state index contributed by atoms with van der Waals surface area (Å²) in [5.74, 6) is 1.59. The van der Waals surface area contributed by atoms with Gasteiger partial charge in [-0.15, -0.1) is 0 Å². The van der Waals surface area contributed by atoms with Gasteiger partial charge in [-0.25, -0.2) is 0 Å². The van der Waals surface area contributed by atoms with Crippen molar-refractivity contribution in [3.63, 3.8) is 0 Å². The first kappa shape index (κ1) is 15.6. The number of ether oxygens (including phenoxy) is 2. The van der Waals surface area contributed by atoms with Gasteiger partial charge in [0.05, 0.1) is 24.8 Å². The molecule has 0 radical (unpaired) electrons. The van der Waals surface area contributed by atoms with Crippen LogP contribution in [-0.4, -0.2) is 49.5 Å². The molecule has 1 aliphatic heterocycles. The van der Waals surface area contributed by atoms with Gasteiger partial charge in [0.2, 0.25) is 0 Å². The monoisotopic (exact) mass is 290 g/mol. The highest BCUT2D eigenvalue weighted by Crippen LogP contribution is 2.27. The molecule has 2 unspecified atom stereocenters. The highest BCUT2D eigenvalue weighted by molar-refractivity contribution is 5.46. The lowest BCUT2D eigenvalue weighted by molar-refractivity contribution is 0.0243. The van der Waals surface area contributed by atoms with Crippen LogP contribution in [0.25, 0.3) is 0 Å². The molecule has 0 saturated carbocycles. The van der Waals surface area contributed by atoms with Gasteiger partial charge in [0.1, 0.15) is 6.61 Å². The highest BCUT2D eigenvalue weighted by Gasteiger charge is 2.23. The van der Waals surface area contributed by atoms with E-state index in [0.29, 0.717) is 36.1 Å². The Morgan fingerprint density at radius 2 is 2.24 bits per heavy atom. The zero-order valence-corrected chi connectivity index (χ0v) is 12.6. The first-order valence-electron chi connectivity index (χ1n) is 7.25. The summed E-state index contributed by atoms with van der Waals surface area (Å²) in [7, 11) is 1.56. The fraction of sp³-hybridized carbons (Fsp3) is 0.562. The number of hydrogen-bond donors (Lipinski definition) is 1. The van der Waals surface area contributed by atoms with Gasteiger partial charge in [0.15, 0.2) is 11.5 Å². The summed E-state index contributed by atoms with van der Waals surface area (Å²) < 4.78 is 11.0. The van der Waals surface area contributed by atoms with Gasteiger partial charge in [0.25, 0.3) is 0 Å². The van der Waals surface area contributed by atoms with Crippen molar-refractivity contribution in [3.8, 4) is 17.6 Å². The third-order valence-electron chi connectivity index (χ3n) is 3.96. The van der Waals surface area contributed by atoms with Crippen LogP contribution in [0.2, 0.25) is 0 Å². The van der Waals surface area contributed by atoms with Gasteiger partial charge in [-0.05, 0) is 31.0 Å². The molecular weight excluding hydrogens is 268 g/mol. The highest BCUT2D eigenvalue weighted by atomic mass is 16.5. The molecule has 0 amide bonds. The summed E-state index contributed by atoms with van der Waals surface area (Å²) in [4.78, 5) is 2.21. The number of benzene rings is 1. The number of aliphatic hydroxyl groups is 1. The molecule has 1 fully saturated rings. The lowest BCUT2D eigenvalue weighted by atomic mass is 9.96. The second-order valence-corrected chi connectivity index (χ2v) is 5.46. The van der Waals surface area contributed by atoms with E-state index in [-0.39, 0.29) is 6.10 Å². The van der Waals surface area contributed by atoms with Crippen molar-refractivity contribution in [1.82, 2.24) is 4.90 Å². The Morgan fingerprint density at radius 3 is 2.90 bits per heavy atom. The maximum Gasteiger partial charge on any atom is 0.162 e. The molecule has 2 rings (SSSR count). The average molecular weight is 290 g/mol. The number of rotatable bonds is 5. The van der Waals surface area contributed by atoms with Crippen LogP contribution in [-0.2, 0) is 0 Å². The van der Waals surface area contributed by atoms with Crippen LogP contribution in [0.1, 0.15) is 18.9 Å². The Morgan fingerprint density at radius 1 is 1.43 bits per heavy atom. The van der Waals surface area contributed by atoms with E-state index in [1.165, 1.54) is 0 Å². The van der Waals surface area contributed by atoms with Crippen LogP contribution < -0.4 is 9.47 Å². The van der Waals surface area contributed by atoms with Crippen molar-refractivity contribution in [2.45, 2.75) is 19.4 Å². The maximum absolute atomic E-state index is 9.87. The lowest BCUT2D eigenvalue weighted by Crippen LogP contribution is -2.44. The molecular formula is C16H22N2O3. The number of nitrogens with zero attached hydrogens (tertiary/aromatic N) is 2. The van der Waals surface area contributed by atoms with E-state index in [1.54, 1.807) is 25.3 Å². The molecule has 0 spiro atoms. The zero-order chi connectivity index (χ0) is 15.2. The van der Waals surface area contributed by atoms with Crippen LogP contribution in [0.5, 0.6) is 11.5 Å². The summed E-state index contributed by atoms with van der Waals surface area (Å²) in [6, 6.07) is 7.21. The molecule has 0 aliphatic carbocycles. The van der Waals surface area contributed by atoms with Gasteiger partial charge in [0, 0.05) is 19.2 Å². The Balaban J connectivity index is 1.85. The van der Waals surface area contributed by atoms with Crippen LogP contribution in [0.15, 0.2) is 18.2 Å². The molecule has 1 N–H and O–H groups in total. The normalized spacial score (nSPS) is 22.6. The van der Waals surface area contributed by atoms with Crippen molar-refractivity contribution in [2.75, 3.05) is 33.4 Å². The minimum absolute atomic E-state index is 0.247. The van der Waals surface area contributed by atoms with E-state index in [4.69, 9.17) is 14.7 Å². The van der Waals surface area contributed by atoms with E-state index in [0.717, 1.165) is 19.5 Å². The third kappa shape index (κ3) is 4.10. The average Bonchev–Trinajstić information content (AvgIpc) is 2.51. The first-order valence-corrected chi connectivity index (χ1v) is 7.25. The van der Waals surface area contributed by atoms with Crippen molar-refractivity contribution in [3.05, 3.63) is 23.8 Å². The minimum atomic E-state index is -0.247. The Labute approximate surface area is 125 Å². The van der Waals surface area contributed by atoms with Crippen LogP contribution in [0.3, 0.4) is 0 Å². The maximum atomic E-state index is 9.87. The van der Waals surface area contributed by atoms with Gasteiger partial charge in [-0.3, -0.25) is 4.90 Å². The number of piperidine rings is 1.